The number of methoxy groups -OCH3 is 1. The van der Waals surface area contributed by atoms with Crippen molar-refractivity contribution in [2.75, 3.05) is 13.7 Å². The van der Waals surface area contributed by atoms with Gasteiger partial charge in [-0.3, -0.25) is 0 Å². The number of carbonyl (C=O) groups excluding carboxylic acids is 1. The number of hydrogen-bond donors (Lipinski definition) is 1. The van der Waals surface area contributed by atoms with Crippen molar-refractivity contribution in [3.05, 3.63) is 58.3 Å². The van der Waals surface area contributed by atoms with Crippen LogP contribution in [0.5, 0.6) is 11.5 Å². The normalized spacial score (nSPS) is 12.2. The van der Waals surface area contributed by atoms with Crippen molar-refractivity contribution in [1.82, 2.24) is 5.32 Å². The first-order valence-electron chi connectivity index (χ1n) is 8.39. The summed E-state index contributed by atoms with van der Waals surface area (Å²) < 4.78 is 30.3. The minimum atomic E-state index is -0.624. The molecule has 0 aliphatic carbocycles. The van der Waals surface area contributed by atoms with Gasteiger partial charge in [0.15, 0.2) is 0 Å². The fourth-order valence-corrected chi connectivity index (χ4v) is 2.63. The summed E-state index contributed by atoms with van der Waals surface area (Å²) in [5.74, 6) is 0.636. The molecule has 2 aromatic rings. The lowest BCUT2D eigenvalue weighted by Gasteiger charge is -2.24. The maximum Gasteiger partial charge on any atom is 0.408 e. The summed E-state index contributed by atoms with van der Waals surface area (Å²) in [5, 5.41) is 2.80. The molecule has 2 aromatic carbocycles. The molecule has 0 fully saturated rings. The molecule has 5 nitrogen and oxygen atoms in total. The number of amides is 1. The van der Waals surface area contributed by atoms with E-state index in [0.717, 1.165) is 5.56 Å². The van der Waals surface area contributed by atoms with Crippen LogP contribution < -0.4 is 14.8 Å². The average molecular weight is 440 g/mol. The average Bonchev–Trinajstić information content (AvgIpc) is 2.60. The third-order valence-corrected chi connectivity index (χ3v) is 4.16. The number of hydrogen-bond acceptors (Lipinski definition) is 4. The summed E-state index contributed by atoms with van der Waals surface area (Å²) in [4.78, 5) is 12.2. The predicted octanol–water partition coefficient (Wildman–Crippen LogP) is 5.24. The molecule has 7 heteroatoms. The summed E-state index contributed by atoms with van der Waals surface area (Å²) in [6.45, 7) is 5.45. The van der Waals surface area contributed by atoms with Crippen LogP contribution in [0.15, 0.2) is 46.9 Å². The van der Waals surface area contributed by atoms with Crippen LogP contribution in [-0.4, -0.2) is 25.4 Å². The minimum Gasteiger partial charge on any atom is -0.497 e. The van der Waals surface area contributed by atoms with Gasteiger partial charge in [0.1, 0.15) is 29.5 Å². The van der Waals surface area contributed by atoms with E-state index < -0.39 is 23.6 Å². The van der Waals surface area contributed by atoms with Crippen LogP contribution >= 0.6 is 15.9 Å². The van der Waals surface area contributed by atoms with Gasteiger partial charge in [0.2, 0.25) is 0 Å². The van der Waals surface area contributed by atoms with E-state index in [9.17, 15) is 9.18 Å². The van der Waals surface area contributed by atoms with Crippen LogP contribution in [0.3, 0.4) is 0 Å². The minimum absolute atomic E-state index is 0.0909. The van der Waals surface area contributed by atoms with E-state index in [2.05, 4.69) is 21.2 Å². The zero-order valence-electron chi connectivity index (χ0n) is 15.7. The highest BCUT2D eigenvalue weighted by Gasteiger charge is 2.21. The fraction of sp³-hybridized carbons (Fsp3) is 0.350. The van der Waals surface area contributed by atoms with E-state index in [1.54, 1.807) is 46.1 Å². The second kappa shape index (κ2) is 9.08. The van der Waals surface area contributed by atoms with Gasteiger partial charge in [-0.1, -0.05) is 12.1 Å². The highest BCUT2D eigenvalue weighted by molar-refractivity contribution is 9.10. The predicted molar refractivity (Wildman–Crippen MR) is 105 cm³/mol. The molecule has 0 saturated carbocycles. The van der Waals surface area contributed by atoms with Gasteiger partial charge in [-0.2, -0.15) is 0 Å². The zero-order valence-corrected chi connectivity index (χ0v) is 17.3. The van der Waals surface area contributed by atoms with Gasteiger partial charge < -0.3 is 19.5 Å². The lowest BCUT2D eigenvalue weighted by atomic mass is 10.1. The van der Waals surface area contributed by atoms with Crippen molar-refractivity contribution in [3.63, 3.8) is 0 Å². The Morgan fingerprint density at radius 1 is 1.19 bits per heavy atom. The van der Waals surface area contributed by atoms with Crippen LogP contribution in [0, 0.1) is 5.82 Å². The van der Waals surface area contributed by atoms with Crippen molar-refractivity contribution in [3.8, 4) is 11.5 Å². The van der Waals surface area contributed by atoms with Gasteiger partial charge in [-0.25, -0.2) is 9.18 Å². The summed E-state index contributed by atoms with van der Waals surface area (Å²) in [5.41, 5.74) is 0.176. The number of carbonyl (C=O) groups is 1. The van der Waals surface area contributed by atoms with E-state index in [0.29, 0.717) is 16.0 Å². The highest BCUT2D eigenvalue weighted by Crippen LogP contribution is 2.27. The molecule has 0 aromatic heterocycles. The Kier molecular flexibility index (Phi) is 7.07. The monoisotopic (exact) mass is 439 g/mol. The molecular weight excluding hydrogens is 417 g/mol. The van der Waals surface area contributed by atoms with Crippen molar-refractivity contribution in [1.29, 1.82) is 0 Å². The van der Waals surface area contributed by atoms with E-state index >= 15 is 0 Å². The topological polar surface area (TPSA) is 56.8 Å². The van der Waals surface area contributed by atoms with Gasteiger partial charge in [0.05, 0.1) is 17.6 Å². The SMILES string of the molecule is COc1ccc([C@H](COc2cc(F)ccc2Br)NC(=O)OC(C)(C)C)cc1. The van der Waals surface area contributed by atoms with Gasteiger partial charge in [0.25, 0.3) is 0 Å². The van der Waals surface area contributed by atoms with Crippen molar-refractivity contribution in [2.24, 2.45) is 0 Å². The van der Waals surface area contributed by atoms with E-state index in [1.807, 2.05) is 12.1 Å². The number of benzene rings is 2. The second-order valence-corrected chi connectivity index (χ2v) is 7.71. The molecule has 2 rings (SSSR count). The van der Waals surface area contributed by atoms with E-state index in [1.165, 1.54) is 12.1 Å². The summed E-state index contributed by atoms with van der Waals surface area (Å²) in [6.07, 6.45) is -0.565. The van der Waals surface area contributed by atoms with Gasteiger partial charge in [-0.05, 0) is 66.5 Å². The maximum atomic E-state index is 13.5. The van der Waals surface area contributed by atoms with E-state index in [-0.39, 0.29) is 6.61 Å². The number of nitrogens with one attached hydrogen (secondary N) is 1. The van der Waals surface area contributed by atoms with Gasteiger partial charge in [-0.15, -0.1) is 0 Å². The Labute approximate surface area is 166 Å². The molecule has 146 valence electrons. The Morgan fingerprint density at radius 2 is 1.85 bits per heavy atom. The fourth-order valence-electron chi connectivity index (χ4n) is 2.27. The standard InChI is InChI=1S/C20H23BrFNO4/c1-20(2,3)27-19(24)23-17(13-5-8-15(25-4)9-6-13)12-26-18-11-14(22)7-10-16(18)21/h5-11,17H,12H2,1-4H3,(H,23,24)/t17-/m0/s1. The Balaban J connectivity index is 2.17. The van der Waals surface area contributed by atoms with Crippen molar-refractivity contribution in [2.45, 2.75) is 32.4 Å². The number of halogens is 2. The number of ether oxygens (including phenoxy) is 3. The van der Waals surface area contributed by atoms with Crippen molar-refractivity contribution < 1.29 is 23.4 Å². The number of alkyl carbamates (subject to hydrolysis) is 1. The summed E-state index contributed by atoms with van der Waals surface area (Å²) >= 11 is 3.33. The summed E-state index contributed by atoms with van der Waals surface area (Å²) in [7, 11) is 1.58. The van der Waals surface area contributed by atoms with Crippen LogP contribution in [0.1, 0.15) is 32.4 Å². The van der Waals surface area contributed by atoms with Crippen molar-refractivity contribution >= 4 is 22.0 Å². The van der Waals surface area contributed by atoms with Crippen LogP contribution in [0.25, 0.3) is 0 Å². The lowest BCUT2D eigenvalue weighted by Crippen LogP contribution is -2.37. The van der Waals surface area contributed by atoms with E-state index in [4.69, 9.17) is 14.2 Å². The maximum absolute atomic E-state index is 13.5. The molecule has 1 amide bonds. The molecular formula is C20H23BrFNO4. The third-order valence-electron chi connectivity index (χ3n) is 3.51. The summed E-state index contributed by atoms with van der Waals surface area (Å²) in [6, 6.07) is 10.9. The lowest BCUT2D eigenvalue weighted by molar-refractivity contribution is 0.0486. The smallest absolute Gasteiger partial charge is 0.408 e. The first kappa shape index (κ1) is 21.0. The van der Waals surface area contributed by atoms with Crippen LogP contribution in [0.4, 0.5) is 9.18 Å². The van der Waals surface area contributed by atoms with Crippen LogP contribution in [0.2, 0.25) is 0 Å². The highest BCUT2D eigenvalue weighted by atomic mass is 79.9. The Morgan fingerprint density at radius 3 is 2.44 bits per heavy atom. The molecule has 0 radical (unpaired) electrons. The largest absolute Gasteiger partial charge is 0.497 e. The molecule has 0 aliphatic heterocycles. The zero-order chi connectivity index (χ0) is 20.0. The molecule has 0 heterocycles. The Hall–Kier alpha value is -2.28. The number of rotatable bonds is 6. The molecule has 1 N–H and O–H groups in total. The second-order valence-electron chi connectivity index (χ2n) is 6.86. The van der Waals surface area contributed by atoms with Gasteiger partial charge in [0, 0.05) is 6.07 Å². The molecule has 0 saturated heterocycles. The molecule has 27 heavy (non-hydrogen) atoms. The molecule has 0 unspecified atom stereocenters. The molecule has 0 bridgehead atoms. The van der Waals surface area contributed by atoms with Crippen LogP contribution in [-0.2, 0) is 4.74 Å². The molecule has 0 spiro atoms. The third kappa shape index (κ3) is 6.75. The molecule has 0 aliphatic rings. The van der Waals surface area contributed by atoms with Gasteiger partial charge >= 0.3 is 6.09 Å². The Bertz CT molecular complexity index is 775. The molecule has 1 atom stereocenters. The first-order chi connectivity index (χ1) is 12.7. The first-order valence-corrected chi connectivity index (χ1v) is 9.18. The quantitative estimate of drug-likeness (QED) is 0.668.